The lowest BCUT2D eigenvalue weighted by Crippen LogP contribution is -2.43. The van der Waals surface area contributed by atoms with Crippen molar-refractivity contribution in [2.24, 2.45) is 0 Å². The van der Waals surface area contributed by atoms with E-state index in [0.29, 0.717) is 17.4 Å². The first-order valence-corrected chi connectivity index (χ1v) is 18.5. The van der Waals surface area contributed by atoms with Crippen molar-refractivity contribution in [1.29, 1.82) is 0 Å². The average molecular weight is 724 g/mol. The molecule has 0 saturated carbocycles. The van der Waals surface area contributed by atoms with E-state index < -0.39 is 38.1 Å². The molecule has 2 fully saturated rings. The van der Waals surface area contributed by atoms with Crippen LogP contribution < -0.4 is 19.8 Å². The molecule has 17 heteroatoms. The number of piperazine rings is 1. The van der Waals surface area contributed by atoms with Crippen LogP contribution in [0, 0.1) is 17.5 Å². The summed E-state index contributed by atoms with van der Waals surface area (Å²) in [5.74, 6) is -2.22. The lowest BCUT2D eigenvalue weighted by atomic mass is 10.1. The Morgan fingerprint density at radius 1 is 0.840 bits per heavy atom. The summed E-state index contributed by atoms with van der Waals surface area (Å²) < 4.78 is 80.3. The monoisotopic (exact) mass is 723 g/mol. The zero-order valence-electron chi connectivity index (χ0n) is 26.8. The van der Waals surface area contributed by atoms with E-state index >= 15 is 4.39 Å². The van der Waals surface area contributed by atoms with E-state index in [2.05, 4.69) is 35.7 Å². The number of nitrogens with zero attached hydrogens (tertiary/aromatic N) is 7. The average Bonchev–Trinajstić information content (AvgIpc) is 3.81. The van der Waals surface area contributed by atoms with Gasteiger partial charge < -0.3 is 19.5 Å². The van der Waals surface area contributed by atoms with Crippen LogP contribution in [0.1, 0.15) is 12.8 Å². The van der Waals surface area contributed by atoms with Crippen molar-refractivity contribution in [1.82, 2.24) is 24.2 Å². The van der Waals surface area contributed by atoms with Gasteiger partial charge in [-0.1, -0.05) is 18.0 Å². The second-order valence-electron chi connectivity index (χ2n) is 11.6. The van der Waals surface area contributed by atoms with E-state index in [9.17, 15) is 17.2 Å². The van der Waals surface area contributed by atoms with Gasteiger partial charge in [0.15, 0.2) is 10.7 Å². The molecule has 7 rings (SSSR count). The number of sulfonamides is 1. The number of oxazole rings is 1. The summed E-state index contributed by atoms with van der Waals surface area (Å²) in [5, 5.41) is 3.17. The van der Waals surface area contributed by atoms with Crippen LogP contribution in [0.5, 0.6) is 0 Å². The Labute approximate surface area is 291 Å². The van der Waals surface area contributed by atoms with Crippen LogP contribution in [-0.2, 0) is 10.0 Å². The van der Waals surface area contributed by atoms with Crippen LogP contribution in [0.3, 0.4) is 0 Å². The second-order valence-corrected chi connectivity index (χ2v) is 14.1. The first kappa shape index (κ1) is 33.6. The highest BCUT2D eigenvalue weighted by Gasteiger charge is 2.28. The van der Waals surface area contributed by atoms with E-state index in [0.717, 1.165) is 82.2 Å². The molecule has 2 N–H and O–H groups in total. The van der Waals surface area contributed by atoms with Crippen LogP contribution in [0.2, 0.25) is 0 Å². The molecule has 2 aliphatic heterocycles. The normalized spacial score (nSPS) is 15.4. The van der Waals surface area contributed by atoms with Crippen molar-refractivity contribution in [2.75, 3.05) is 65.4 Å². The SMILES string of the molecule is CSN1CCN(c2ccc(Nc3nccc(-c4oc(N5CCCC5)nc4-c4ccc(F)c(NS(=O)(=O)c5c(F)cccc5F)c4)n3)cn2)CC1. The smallest absolute Gasteiger partial charge is 0.298 e. The zero-order chi connectivity index (χ0) is 34.8. The molecule has 260 valence electrons. The Hall–Kier alpha value is -4.87. The molecule has 0 bridgehead atoms. The summed E-state index contributed by atoms with van der Waals surface area (Å²) in [5.41, 5.74) is 1.02. The number of pyridine rings is 1. The Bertz CT molecular complexity index is 2090. The Morgan fingerprint density at radius 2 is 1.60 bits per heavy atom. The molecule has 3 aromatic heterocycles. The van der Waals surface area contributed by atoms with Crippen molar-refractivity contribution in [2.45, 2.75) is 17.7 Å². The van der Waals surface area contributed by atoms with Gasteiger partial charge in [0.05, 0.1) is 17.6 Å². The molecule has 0 spiro atoms. The van der Waals surface area contributed by atoms with E-state index in [1.54, 1.807) is 30.4 Å². The maximum Gasteiger partial charge on any atom is 0.298 e. The van der Waals surface area contributed by atoms with Gasteiger partial charge in [-0.05, 0) is 67.6 Å². The highest BCUT2D eigenvalue weighted by atomic mass is 32.2. The number of aromatic nitrogens is 4. The summed E-state index contributed by atoms with van der Waals surface area (Å²) >= 11 is 1.74. The molecular formula is C33H32F3N9O3S2. The van der Waals surface area contributed by atoms with Crippen molar-refractivity contribution < 1.29 is 26.0 Å². The third kappa shape index (κ3) is 7.06. The molecule has 0 amide bonds. The summed E-state index contributed by atoms with van der Waals surface area (Å²) in [6, 6.07) is 12.1. The van der Waals surface area contributed by atoms with Crippen LogP contribution in [0.4, 0.5) is 42.3 Å². The first-order chi connectivity index (χ1) is 24.2. The summed E-state index contributed by atoms with van der Waals surface area (Å²) in [4.78, 5) is 21.3. The molecule has 0 atom stereocenters. The molecule has 50 heavy (non-hydrogen) atoms. The minimum absolute atomic E-state index is 0.232. The molecule has 12 nitrogen and oxygen atoms in total. The van der Waals surface area contributed by atoms with Crippen LogP contribution >= 0.6 is 11.9 Å². The van der Waals surface area contributed by atoms with E-state index in [1.165, 1.54) is 12.1 Å². The predicted molar refractivity (Wildman–Crippen MR) is 186 cm³/mol. The van der Waals surface area contributed by atoms with Gasteiger partial charge in [-0.2, -0.15) is 4.98 Å². The minimum atomic E-state index is -4.85. The molecule has 2 aliphatic rings. The van der Waals surface area contributed by atoms with E-state index in [4.69, 9.17) is 9.40 Å². The van der Waals surface area contributed by atoms with Crippen molar-refractivity contribution in [3.63, 3.8) is 0 Å². The maximum absolute atomic E-state index is 15.0. The third-order valence-electron chi connectivity index (χ3n) is 8.38. The second kappa shape index (κ2) is 14.2. The number of hydrogen-bond acceptors (Lipinski definition) is 12. The Morgan fingerprint density at radius 3 is 2.30 bits per heavy atom. The number of hydrogen-bond donors (Lipinski definition) is 2. The summed E-state index contributed by atoms with van der Waals surface area (Å²) in [7, 11) is -4.85. The van der Waals surface area contributed by atoms with Crippen molar-refractivity contribution in [3.05, 3.63) is 84.4 Å². The van der Waals surface area contributed by atoms with Crippen LogP contribution in [0.25, 0.3) is 22.7 Å². The molecule has 0 aliphatic carbocycles. The molecule has 2 saturated heterocycles. The number of benzene rings is 2. The number of anilines is 5. The zero-order valence-corrected chi connectivity index (χ0v) is 28.4. The predicted octanol–water partition coefficient (Wildman–Crippen LogP) is 6.16. The highest BCUT2D eigenvalue weighted by Crippen LogP contribution is 2.38. The van der Waals surface area contributed by atoms with Crippen LogP contribution in [-0.4, -0.2) is 78.2 Å². The molecular weight excluding hydrogens is 692 g/mol. The quantitative estimate of drug-likeness (QED) is 0.160. The van der Waals surface area contributed by atoms with Crippen LogP contribution in [0.15, 0.2) is 76.3 Å². The number of nitrogens with one attached hydrogen (secondary N) is 2. The summed E-state index contributed by atoms with van der Waals surface area (Å²) in [6.45, 7) is 5.11. The van der Waals surface area contributed by atoms with Gasteiger partial charge in [-0.15, -0.1) is 0 Å². The molecule has 5 heterocycles. The van der Waals surface area contributed by atoms with E-state index in [-0.39, 0.29) is 23.0 Å². The minimum Gasteiger partial charge on any atom is -0.421 e. The fourth-order valence-electron chi connectivity index (χ4n) is 5.83. The fraction of sp³-hybridized carbons (Fsp3) is 0.273. The lowest BCUT2D eigenvalue weighted by molar-refractivity contribution is 0.429. The van der Waals surface area contributed by atoms with Gasteiger partial charge in [0, 0.05) is 51.0 Å². The third-order valence-corrected chi connectivity index (χ3v) is 10.7. The Balaban J connectivity index is 1.18. The van der Waals surface area contributed by atoms with Gasteiger partial charge >= 0.3 is 0 Å². The van der Waals surface area contributed by atoms with Crippen molar-refractivity contribution >= 4 is 51.1 Å². The lowest BCUT2D eigenvalue weighted by Gasteiger charge is -2.33. The van der Waals surface area contributed by atoms with Crippen molar-refractivity contribution in [3.8, 4) is 22.7 Å². The van der Waals surface area contributed by atoms with Gasteiger partial charge in [-0.3, -0.25) is 4.72 Å². The maximum atomic E-state index is 15.0. The molecule has 0 radical (unpaired) electrons. The Kier molecular flexibility index (Phi) is 9.52. The highest BCUT2D eigenvalue weighted by molar-refractivity contribution is 7.96. The topological polar surface area (TPSA) is 133 Å². The molecule has 2 aromatic carbocycles. The first-order valence-electron chi connectivity index (χ1n) is 15.8. The number of rotatable bonds is 10. The van der Waals surface area contributed by atoms with Gasteiger partial charge in [0.25, 0.3) is 16.0 Å². The molecule has 0 unspecified atom stereocenters. The van der Waals surface area contributed by atoms with Gasteiger partial charge in [0.1, 0.15) is 34.7 Å². The van der Waals surface area contributed by atoms with Gasteiger partial charge in [0.2, 0.25) is 5.95 Å². The fourth-order valence-corrected chi connectivity index (χ4v) is 7.55. The molecule has 5 aromatic rings. The summed E-state index contributed by atoms with van der Waals surface area (Å²) in [6.07, 6.45) is 7.24. The standard InChI is InChI=1S/C33H32F3N9O3S2/c1-49-45-17-15-43(16-18-45)28-10-8-22(20-38-28)39-32-37-12-11-26(40-32)30-29(41-33(48-30)44-13-2-3-14-44)21-7-9-23(34)27(19-21)42-50(46,47)31-24(35)5-4-6-25(31)36/h4-12,19-20,42H,2-3,13-18H2,1H3,(H,37,39,40). The largest absolute Gasteiger partial charge is 0.421 e. The van der Waals surface area contributed by atoms with Gasteiger partial charge in [-0.25, -0.2) is 40.8 Å². The number of halogens is 3. The van der Waals surface area contributed by atoms with E-state index in [1.807, 2.05) is 21.8 Å².